The minimum atomic E-state index is -0.414. The number of carbonyl (C=O) groups excluding carboxylic acids is 1. The molecule has 0 atom stereocenters. The molecule has 1 amide bonds. The number of fused-ring (bicyclic) bond motifs is 2. The Bertz CT molecular complexity index is 1250. The summed E-state index contributed by atoms with van der Waals surface area (Å²) in [6, 6.07) is 16.0. The van der Waals surface area contributed by atoms with Crippen LogP contribution >= 0.6 is 11.3 Å². The number of nitrogens with two attached hydrogens (primary N) is 1. The molecule has 6 heteroatoms. The van der Waals surface area contributed by atoms with Crippen LogP contribution in [0.2, 0.25) is 0 Å². The van der Waals surface area contributed by atoms with Crippen molar-refractivity contribution in [3.8, 4) is 10.7 Å². The van der Waals surface area contributed by atoms with E-state index < -0.39 is 5.91 Å². The molecular formula is C25H24N4OS. The molecule has 2 aromatic heterocycles. The molecule has 0 saturated carbocycles. The normalized spacial score (nSPS) is 13.5. The van der Waals surface area contributed by atoms with Gasteiger partial charge in [-0.15, -0.1) is 11.3 Å². The summed E-state index contributed by atoms with van der Waals surface area (Å²) in [6.45, 7) is 0.723. The average Bonchev–Trinajstić information content (AvgIpc) is 3.08. The topological polar surface area (TPSA) is 80.9 Å². The average molecular weight is 429 g/mol. The first-order valence-corrected chi connectivity index (χ1v) is 11.6. The van der Waals surface area contributed by atoms with Gasteiger partial charge >= 0.3 is 0 Å². The number of benzene rings is 2. The molecule has 0 saturated heterocycles. The highest BCUT2D eigenvalue weighted by molar-refractivity contribution is 7.15. The van der Waals surface area contributed by atoms with Gasteiger partial charge in [-0.3, -0.25) is 4.79 Å². The van der Waals surface area contributed by atoms with E-state index in [0.717, 1.165) is 58.8 Å². The molecule has 0 spiro atoms. The van der Waals surface area contributed by atoms with Gasteiger partial charge in [-0.25, -0.2) is 9.97 Å². The van der Waals surface area contributed by atoms with Crippen molar-refractivity contribution in [2.24, 2.45) is 5.73 Å². The van der Waals surface area contributed by atoms with Crippen molar-refractivity contribution in [1.29, 1.82) is 0 Å². The number of aryl methyl sites for hydroxylation is 1. The van der Waals surface area contributed by atoms with Crippen molar-refractivity contribution in [3.63, 3.8) is 0 Å². The molecule has 2 aromatic carbocycles. The zero-order valence-electron chi connectivity index (χ0n) is 17.2. The third kappa shape index (κ3) is 3.91. The smallest absolute Gasteiger partial charge is 0.249 e. The Morgan fingerprint density at radius 2 is 1.81 bits per heavy atom. The molecule has 0 unspecified atom stereocenters. The summed E-state index contributed by atoms with van der Waals surface area (Å²) in [4.78, 5) is 22.8. The summed E-state index contributed by atoms with van der Waals surface area (Å²) in [7, 11) is 0. The summed E-state index contributed by atoms with van der Waals surface area (Å²) in [5, 5.41) is 7.40. The number of rotatable bonds is 5. The molecule has 156 valence electrons. The number of hydrogen-bond acceptors (Lipinski definition) is 5. The maximum absolute atomic E-state index is 11.9. The monoisotopic (exact) mass is 428 g/mol. The lowest BCUT2D eigenvalue weighted by atomic mass is 10.1. The standard InChI is InChI=1S/C25H24N4OS/c26-23(30)18-12-7-11-17-20(18)15-31-22(17)25-28-21-13-6-2-5-10-19(21)24(29-25)27-14-16-8-3-1-4-9-16/h1,3-4,7-9,11-12,15H,2,5-6,10,13-14H2,(H2,26,30)(H,27,28,29). The van der Waals surface area contributed by atoms with E-state index in [1.807, 2.05) is 23.6 Å². The van der Waals surface area contributed by atoms with E-state index in [9.17, 15) is 4.79 Å². The fourth-order valence-corrected chi connectivity index (χ4v) is 5.25. The molecule has 5 nitrogen and oxygen atoms in total. The first-order chi connectivity index (χ1) is 15.2. The first-order valence-electron chi connectivity index (χ1n) is 10.7. The molecule has 0 aliphatic heterocycles. The number of primary amides is 1. The molecule has 31 heavy (non-hydrogen) atoms. The number of nitrogens with one attached hydrogen (secondary N) is 1. The van der Waals surface area contributed by atoms with Crippen LogP contribution < -0.4 is 11.1 Å². The largest absolute Gasteiger partial charge is 0.366 e. The van der Waals surface area contributed by atoms with E-state index in [1.165, 1.54) is 24.0 Å². The van der Waals surface area contributed by atoms with Crippen molar-refractivity contribution in [3.05, 3.63) is 76.3 Å². The number of carbonyl (C=O) groups is 1. The number of amides is 1. The van der Waals surface area contributed by atoms with Crippen LogP contribution in [0.1, 0.15) is 46.4 Å². The number of thiophene rings is 1. The highest BCUT2D eigenvalue weighted by Crippen LogP contribution is 2.37. The van der Waals surface area contributed by atoms with Crippen LogP contribution in [0.4, 0.5) is 5.82 Å². The van der Waals surface area contributed by atoms with Crippen molar-refractivity contribution in [1.82, 2.24) is 9.97 Å². The van der Waals surface area contributed by atoms with E-state index in [2.05, 4.69) is 29.6 Å². The van der Waals surface area contributed by atoms with Gasteiger partial charge in [-0.05, 0) is 37.3 Å². The summed E-state index contributed by atoms with van der Waals surface area (Å²) < 4.78 is 0. The van der Waals surface area contributed by atoms with Gasteiger partial charge in [0.15, 0.2) is 5.82 Å². The molecule has 3 N–H and O–H groups in total. The zero-order valence-corrected chi connectivity index (χ0v) is 18.0. The van der Waals surface area contributed by atoms with Crippen LogP contribution in [0, 0.1) is 0 Å². The minimum Gasteiger partial charge on any atom is -0.366 e. The summed E-state index contributed by atoms with van der Waals surface area (Å²) in [5.41, 5.74) is 9.73. The summed E-state index contributed by atoms with van der Waals surface area (Å²) >= 11 is 1.57. The van der Waals surface area contributed by atoms with Gasteiger partial charge in [-0.2, -0.15) is 0 Å². The SMILES string of the molecule is NC(=O)c1cccc2c(-c3nc4c(c(NCc5ccccc5)n3)CCCCC4)scc12. The molecule has 0 fully saturated rings. The van der Waals surface area contributed by atoms with Crippen LogP contribution in [0.5, 0.6) is 0 Å². The number of aromatic nitrogens is 2. The predicted molar refractivity (Wildman–Crippen MR) is 126 cm³/mol. The van der Waals surface area contributed by atoms with Crippen molar-refractivity contribution in [2.45, 2.75) is 38.6 Å². The van der Waals surface area contributed by atoms with Crippen LogP contribution in [0.3, 0.4) is 0 Å². The van der Waals surface area contributed by atoms with Gasteiger partial charge in [-0.1, -0.05) is 48.9 Å². The van der Waals surface area contributed by atoms with Gasteiger partial charge in [0.1, 0.15) is 5.82 Å². The Hall–Kier alpha value is -3.25. The first kappa shape index (κ1) is 19.7. The Morgan fingerprint density at radius 3 is 2.65 bits per heavy atom. The molecule has 2 heterocycles. The lowest BCUT2D eigenvalue weighted by Crippen LogP contribution is -2.11. The molecule has 1 aliphatic carbocycles. The predicted octanol–water partition coefficient (Wildman–Crippen LogP) is 5.34. The summed E-state index contributed by atoms with van der Waals surface area (Å²) in [6.07, 6.45) is 5.51. The van der Waals surface area contributed by atoms with Gasteiger partial charge < -0.3 is 11.1 Å². The fourth-order valence-electron chi connectivity index (χ4n) is 4.26. The van der Waals surface area contributed by atoms with Crippen LogP contribution in [-0.2, 0) is 19.4 Å². The minimum absolute atomic E-state index is 0.414. The van der Waals surface area contributed by atoms with Crippen molar-refractivity contribution in [2.75, 3.05) is 5.32 Å². The Balaban J connectivity index is 1.59. The van der Waals surface area contributed by atoms with Gasteiger partial charge in [0.2, 0.25) is 5.91 Å². The highest BCUT2D eigenvalue weighted by Gasteiger charge is 2.20. The summed E-state index contributed by atoms with van der Waals surface area (Å²) in [5.74, 6) is 1.24. The highest BCUT2D eigenvalue weighted by atomic mass is 32.1. The van der Waals surface area contributed by atoms with Crippen molar-refractivity contribution >= 4 is 33.8 Å². The third-order valence-electron chi connectivity index (χ3n) is 5.85. The lowest BCUT2D eigenvalue weighted by Gasteiger charge is -2.15. The van der Waals surface area contributed by atoms with Gasteiger partial charge in [0.25, 0.3) is 0 Å². The maximum Gasteiger partial charge on any atom is 0.249 e. The zero-order chi connectivity index (χ0) is 21.2. The molecular weight excluding hydrogens is 404 g/mol. The van der Waals surface area contributed by atoms with E-state index in [0.29, 0.717) is 5.56 Å². The number of hydrogen-bond donors (Lipinski definition) is 2. The van der Waals surface area contributed by atoms with E-state index in [-0.39, 0.29) is 0 Å². The van der Waals surface area contributed by atoms with E-state index >= 15 is 0 Å². The number of anilines is 1. The molecule has 5 rings (SSSR count). The molecule has 0 bridgehead atoms. The molecule has 4 aromatic rings. The van der Waals surface area contributed by atoms with Crippen LogP contribution in [-0.4, -0.2) is 15.9 Å². The second-order valence-corrected chi connectivity index (χ2v) is 8.80. The maximum atomic E-state index is 11.9. The Kier molecular flexibility index (Phi) is 5.38. The number of nitrogens with zero attached hydrogens (tertiary/aromatic N) is 2. The van der Waals surface area contributed by atoms with Gasteiger partial charge in [0.05, 0.1) is 4.88 Å². The van der Waals surface area contributed by atoms with E-state index in [4.69, 9.17) is 15.7 Å². The quantitative estimate of drug-likeness (QED) is 0.421. The Morgan fingerprint density at radius 1 is 0.968 bits per heavy atom. The molecule has 0 radical (unpaired) electrons. The van der Waals surface area contributed by atoms with Crippen LogP contribution in [0.15, 0.2) is 53.9 Å². The second-order valence-electron chi connectivity index (χ2n) is 7.92. The third-order valence-corrected chi connectivity index (χ3v) is 6.84. The Labute approximate surface area is 185 Å². The van der Waals surface area contributed by atoms with Crippen LogP contribution in [0.25, 0.3) is 21.5 Å². The van der Waals surface area contributed by atoms with Crippen molar-refractivity contribution < 1.29 is 4.79 Å². The fraction of sp³-hybridized carbons (Fsp3) is 0.240. The molecule has 1 aliphatic rings. The van der Waals surface area contributed by atoms with Gasteiger partial charge in [0, 0.05) is 39.5 Å². The van der Waals surface area contributed by atoms with E-state index in [1.54, 1.807) is 17.4 Å². The lowest BCUT2D eigenvalue weighted by molar-refractivity contribution is 0.100. The second kappa shape index (κ2) is 8.47.